The van der Waals surface area contributed by atoms with Gasteiger partial charge in [0.15, 0.2) is 0 Å². The Morgan fingerprint density at radius 3 is 2.30 bits per heavy atom. The Kier molecular flexibility index (Phi) is 6.75. The standard InChI is InChI=1S/C16H24N2O4S/c1-6-12(19)18-15-13(9(4)10(5)23-15)14(20)17-11(16(21)22)7-8(2)3/h8,11H,6-7H2,1-5H3,(H,17,20)(H,18,19)(H,21,22). The van der Waals surface area contributed by atoms with Gasteiger partial charge in [0.2, 0.25) is 5.91 Å². The fraction of sp³-hybridized carbons (Fsp3) is 0.562. The highest BCUT2D eigenvalue weighted by atomic mass is 32.1. The monoisotopic (exact) mass is 340 g/mol. The maximum absolute atomic E-state index is 12.5. The molecule has 1 aromatic heterocycles. The third-order valence-electron chi connectivity index (χ3n) is 3.50. The molecule has 0 aliphatic carbocycles. The van der Waals surface area contributed by atoms with Crippen molar-refractivity contribution < 1.29 is 19.5 Å². The van der Waals surface area contributed by atoms with Gasteiger partial charge in [-0.2, -0.15) is 0 Å². The summed E-state index contributed by atoms with van der Waals surface area (Å²) in [6.45, 7) is 9.18. The summed E-state index contributed by atoms with van der Waals surface area (Å²) < 4.78 is 0. The number of carboxylic acid groups (broad SMARTS) is 1. The zero-order chi connectivity index (χ0) is 17.7. The number of aryl methyl sites for hydroxylation is 1. The van der Waals surface area contributed by atoms with E-state index in [0.717, 1.165) is 10.4 Å². The Hall–Kier alpha value is -1.89. The summed E-state index contributed by atoms with van der Waals surface area (Å²) in [6.07, 6.45) is 0.655. The molecule has 0 aromatic carbocycles. The summed E-state index contributed by atoms with van der Waals surface area (Å²) in [5.74, 6) is -1.57. The molecule has 0 saturated heterocycles. The van der Waals surface area contributed by atoms with E-state index in [1.54, 1.807) is 13.8 Å². The molecule has 0 bridgehead atoms. The summed E-state index contributed by atoms with van der Waals surface area (Å²) in [4.78, 5) is 36.4. The van der Waals surface area contributed by atoms with Crippen LogP contribution in [0.2, 0.25) is 0 Å². The molecule has 0 aliphatic heterocycles. The van der Waals surface area contributed by atoms with Crippen LogP contribution in [0.5, 0.6) is 0 Å². The van der Waals surface area contributed by atoms with Crippen LogP contribution in [-0.4, -0.2) is 28.9 Å². The third kappa shape index (κ3) is 5.06. The highest BCUT2D eigenvalue weighted by Crippen LogP contribution is 2.32. The maximum Gasteiger partial charge on any atom is 0.326 e. The number of aliphatic carboxylic acids is 1. The van der Waals surface area contributed by atoms with Crippen molar-refractivity contribution in [3.05, 3.63) is 16.0 Å². The van der Waals surface area contributed by atoms with E-state index in [2.05, 4.69) is 10.6 Å². The Morgan fingerprint density at radius 2 is 1.83 bits per heavy atom. The number of rotatable bonds is 7. The molecule has 6 nitrogen and oxygen atoms in total. The van der Waals surface area contributed by atoms with Crippen molar-refractivity contribution in [3.63, 3.8) is 0 Å². The summed E-state index contributed by atoms with van der Waals surface area (Å²) in [6, 6.07) is -0.947. The molecule has 1 atom stereocenters. The lowest BCUT2D eigenvalue weighted by Crippen LogP contribution is -2.42. The number of carbonyl (C=O) groups excluding carboxylic acids is 2. The average molecular weight is 340 g/mol. The topological polar surface area (TPSA) is 95.5 Å². The third-order valence-corrected chi connectivity index (χ3v) is 4.62. The lowest BCUT2D eigenvalue weighted by Gasteiger charge is -2.17. The molecule has 23 heavy (non-hydrogen) atoms. The van der Waals surface area contributed by atoms with Crippen molar-refractivity contribution in [1.29, 1.82) is 0 Å². The van der Waals surface area contributed by atoms with E-state index in [0.29, 0.717) is 23.4 Å². The first-order valence-electron chi connectivity index (χ1n) is 7.60. The number of carboxylic acids is 1. The second kappa shape index (κ2) is 8.10. The first-order valence-corrected chi connectivity index (χ1v) is 8.42. The molecule has 1 rings (SSSR count). The van der Waals surface area contributed by atoms with Crippen LogP contribution >= 0.6 is 11.3 Å². The van der Waals surface area contributed by atoms with E-state index in [-0.39, 0.29) is 11.8 Å². The molecule has 0 spiro atoms. The van der Waals surface area contributed by atoms with E-state index in [1.807, 2.05) is 20.8 Å². The van der Waals surface area contributed by atoms with Crippen LogP contribution in [0.3, 0.4) is 0 Å². The number of hydrogen-bond acceptors (Lipinski definition) is 4. The van der Waals surface area contributed by atoms with Gasteiger partial charge in [-0.05, 0) is 31.7 Å². The lowest BCUT2D eigenvalue weighted by molar-refractivity contribution is -0.139. The number of thiophene rings is 1. The molecule has 7 heteroatoms. The smallest absolute Gasteiger partial charge is 0.326 e. The molecular weight excluding hydrogens is 316 g/mol. The van der Waals surface area contributed by atoms with Crippen LogP contribution in [-0.2, 0) is 9.59 Å². The summed E-state index contributed by atoms with van der Waals surface area (Å²) in [7, 11) is 0. The maximum atomic E-state index is 12.5. The van der Waals surface area contributed by atoms with Crippen LogP contribution in [0.4, 0.5) is 5.00 Å². The molecule has 0 fully saturated rings. The van der Waals surface area contributed by atoms with Crippen molar-refractivity contribution in [3.8, 4) is 0 Å². The van der Waals surface area contributed by atoms with Gasteiger partial charge in [0.25, 0.3) is 5.91 Å². The van der Waals surface area contributed by atoms with Crippen LogP contribution in [0, 0.1) is 19.8 Å². The van der Waals surface area contributed by atoms with Crippen molar-refractivity contribution in [2.75, 3.05) is 5.32 Å². The van der Waals surface area contributed by atoms with E-state index in [1.165, 1.54) is 11.3 Å². The first-order chi connectivity index (χ1) is 10.7. The molecule has 0 saturated carbocycles. The van der Waals surface area contributed by atoms with Gasteiger partial charge in [0, 0.05) is 11.3 Å². The fourth-order valence-corrected chi connectivity index (χ4v) is 3.20. The van der Waals surface area contributed by atoms with Crippen molar-refractivity contribution >= 4 is 34.1 Å². The van der Waals surface area contributed by atoms with Crippen LogP contribution < -0.4 is 10.6 Å². The van der Waals surface area contributed by atoms with Gasteiger partial charge in [0.1, 0.15) is 11.0 Å². The first kappa shape index (κ1) is 19.2. The second-order valence-electron chi connectivity index (χ2n) is 5.88. The van der Waals surface area contributed by atoms with E-state index >= 15 is 0 Å². The Labute approximate surface area is 140 Å². The molecule has 128 valence electrons. The van der Waals surface area contributed by atoms with Gasteiger partial charge < -0.3 is 15.7 Å². The second-order valence-corrected chi connectivity index (χ2v) is 7.11. The minimum atomic E-state index is -1.06. The van der Waals surface area contributed by atoms with Crippen molar-refractivity contribution in [2.45, 2.75) is 53.5 Å². The van der Waals surface area contributed by atoms with E-state index in [9.17, 15) is 19.5 Å². The number of amides is 2. The highest BCUT2D eigenvalue weighted by molar-refractivity contribution is 7.16. The predicted octanol–water partition coefficient (Wildman–Crippen LogP) is 2.94. The van der Waals surface area contributed by atoms with Gasteiger partial charge in [-0.1, -0.05) is 20.8 Å². The molecule has 3 N–H and O–H groups in total. The quantitative estimate of drug-likeness (QED) is 0.711. The van der Waals surface area contributed by atoms with Crippen molar-refractivity contribution in [1.82, 2.24) is 5.32 Å². The largest absolute Gasteiger partial charge is 0.480 e. The number of anilines is 1. The van der Waals surface area contributed by atoms with E-state index in [4.69, 9.17) is 0 Å². The Balaban J connectivity index is 3.06. The van der Waals surface area contributed by atoms with Gasteiger partial charge in [-0.3, -0.25) is 9.59 Å². The number of nitrogens with one attached hydrogen (secondary N) is 2. The molecular formula is C16H24N2O4S. The SMILES string of the molecule is CCC(=O)Nc1sc(C)c(C)c1C(=O)NC(CC(C)C)C(=O)O. The summed E-state index contributed by atoms with van der Waals surface area (Å²) in [5, 5.41) is 15.0. The molecule has 1 unspecified atom stereocenters. The summed E-state index contributed by atoms with van der Waals surface area (Å²) in [5.41, 5.74) is 1.11. The zero-order valence-electron chi connectivity index (χ0n) is 14.1. The Morgan fingerprint density at radius 1 is 1.22 bits per heavy atom. The Bertz CT molecular complexity index is 607. The summed E-state index contributed by atoms with van der Waals surface area (Å²) >= 11 is 1.32. The zero-order valence-corrected chi connectivity index (χ0v) is 15.0. The van der Waals surface area contributed by atoms with Gasteiger partial charge >= 0.3 is 5.97 Å². The van der Waals surface area contributed by atoms with Crippen molar-refractivity contribution in [2.24, 2.45) is 5.92 Å². The minimum Gasteiger partial charge on any atom is -0.480 e. The number of carbonyl (C=O) groups is 3. The average Bonchev–Trinajstić information content (AvgIpc) is 2.72. The molecule has 0 radical (unpaired) electrons. The lowest BCUT2D eigenvalue weighted by atomic mass is 10.0. The highest BCUT2D eigenvalue weighted by Gasteiger charge is 2.26. The predicted molar refractivity (Wildman–Crippen MR) is 91.1 cm³/mol. The molecule has 2 amide bonds. The van der Waals surface area contributed by atoms with Gasteiger partial charge in [0.05, 0.1) is 5.56 Å². The minimum absolute atomic E-state index is 0.140. The molecule has 1 heterocycles. The molecule has 0 aliphatic rings. The van der Waals surface area contributed by atoms with Gasteiger partial charge in [-0.15, -0.1) is 11.3 Å². The molecule has 1 aromatic rings. The van der Waals surface area contributed by atoms with Crippen LogP contribution in [0.1, 0.15) is 54.4 Å². The van der Waals surface area contributed by atoms with Gasteiger partial charge in [-0.25, -0.2) is 4.79 Å². The van der Waals surface area contributed by atoms with E-state index < -0.39 is 17.9 Å². The number of hydrogen-bond donors (Lipinski definition) is 3. The normalized spacial score (nSPS) is 12.1. The van der Waals surface area contributed by atoms with Crippen LogP contribution in [0.15, 0.2) is 0 Å². The fourth-order valence-electron chi connectivity index (χ4n) is 2.13. The van der Waals surface area contributed by atoms with Crippen LogP contribution in [0.25, 0.3) is 0 Å².